The lowest BCUT2D eigenvalue weighted by Gasteiger charge is -2.41. The van der Waals surface area contributed by atoms with Crippen molar-refractivity contribution < 1.29 is 24.1 Å². The Hall–Kier alpha value is -1.46. The van der Waals surface area contributed by atoms with Crippen LogP contribution >= 0.6 is 0 Å². The van der Waals surface area contributed by atoms with Crippen LogP contribution in [0.5, 0.6) is 17.2 Å². The lowest BCUT2D eigenvalue weighted by atomic mass is 9.79. The lowest BCUT2D eigenvalue weighted by Crippen LogP contribution is -2.45. The summed E-state index contributed by atoms with van der Waals surface area (Å²) in [5.41, 5.74) is 1.80. The molecule has 0 aromatic heterocycles. The molecule has 5 rings (SSSR count). The second-order valence-corrected chi connectivity index (χ2v) is 8.61. The smallest absolute Gasteiger partial charge is 0.211 e. The SMILES string of the molecule is CC1COC2(C)Oc3cc4c(c(O)c3CC12)C[C@@H]1[C@@H](C)CO[C@]1(C)O4. The molecule has 4 aliphatic rings. The van der Waals surface area contributed by atoms with Gasteiger partial charge in [0.2, 0.25) is 11.6 Å². The van der Waals surface area contributed by atoms with Gasteiger partial charge in [-0.3, -0.25) is 0 Å². The molecule has 4 aliphatic heterocycles. The summed E-state index contributed by atoms with van der Waals surface area (Å²) in [5.74, 6) is 1.80. The van der Waals surface area contributed by atoms with Gasteiger partial charge in [0.15, 0.2) is 0 Å². The summed E-state index contributed by atoms with van der Waals surface area (Å²) in [6, 6.07) is 1.92. The first kappa shape index (κ1) is 15.8. The van der Waals surface area contributed by atoms with Crippen LogP contribution in [-0.4, -0.2) is 29.9 Å². The Morgan fingerprint density at radius 3 is 1.76 bits per heavy atom. The average molecular weight is 346 g/mol. The Labute approximate surface area is 148 Å². The van der Waals surface area contributed by atoms with E-state index < -0.39 is 11.6 Å². The van der Waals surface area contributed by atoms with Gasteiger partial charge < -0.3 is 24.1 Å². The highest BCUT2D eigenvalue weighted by Gasteiger charge is 2.53. The number of aromatic hydroxyl groups is 1. The predicted octanol–water partition coefficient (Wildman–Crippen LogP) is 3.26. The third kappa shape index (κ3) is 2.02. The fourth-order valence-electron chi connectivity index (χ4n) is 5.22. The fraction of sp³-hybridized carbons (Fsp3) is 0.700. The van der Waals surface area contributed by atoms with Gasteiger partial charge in [0.25, 0.3) is 0 Å². The van der Waals surface area contributed by atoms with E-state index in [2.05, 4.69) is 13.8 Å². The number of fused-ring (bicyclic) bond motifs is 4. The molecule has 0 spiro atoms. The van der Waals surface area contributed by atoms with Crippen molar-refractivity contribution in [2.45, 2.75) is 52.1 Å². The van der Waals surface area contributed by atoms with E-state index in [0.29, 0.717) is 42.3 Å². The van der Waals surface area contributed by atoms with Crippen LogP contribution < -0.4 is 9.47 Å². The topological polar surface area (TPSA) is 57.2 Å². The third-order valence-corrected chi connectivity index (χ3v) is 6.89. The molecule has 3 unspecified atom stereocenters. The molecule has 0 radical (unpaired) electrons. The molecule has 0 amide bonds. The van der Waals surface area contributed by atoms with E-state index in [9.17, 15) is 5.11 Å². The average Bonchev–Trinajstić information content (AvgIpc) is 3.01. The Morgan fingerprint density at radius 1 is 0.880 bits per heavy atom. The summed E-state index contributed by atoms with van der Waals surface area (Å²) >= 11 is 0. The highest BCUT2D eigenvalue weighted by molar-refractivity contribution is 5.59. The number of hydrogen-bond donors (Lipinski definition) is 1. The highest BCUT2D eigenvalue weighted by atomic mass is 16.7. The van der Waals surface area contributed by atoms with Crippen molar-refractivity contribution in [1.82, 2.24) is 0 Å². The Morgan fingerprint density at radius 2 is 1.32 bits per heavy atom. The van der Waals surface area contributed by atoms with Gasteiger partial charge in [0.1, 0.15) is 17.2 Å². The number of phenols is 1. The van der Waals surface area contributed by atoms with Gasteiger partial charge in [-0.25, -0.2) is 0 Å². The summed E-state index contributed by atoms with van der Waals surface area (Å²) < 4.78 is 24.3. The molecule has 1 aromatic rings. The zero-order valence-corrected chi connectivity index (χ0v) is 15.3. The van der Waals surface area contributed by atoms with Crippen molar-refractivity contribution in [1.29, 1.82) is 0 Å². The van der Waals surface area contributed by atoms with E-state index in [1.54, 1.807) is 0 Å². The largest absolute Gasteiger partial charge is 0.507 e. The van der Waals surface area contributed by atoms with E-state index in [4.69, 9.17) is 18.9 Å². The molecule has 0 aliphatic carbocycles. The van der Waals surface area contributed by atoms with Crippen LogP contribution in [0.2, 0.25) is 0 Å². The molecular formula is C20H26O5. The molecular weight excluding hydrogens is 320 g/mol. The van der Waals surface area contributed by atoms with E-state index in [1.807, 2.05) is 19.9 Å². The van der Waals surface area contributed by atoms with Gasteiger partial charge in [0, 0.05) is 42.9 Å². The maximum absolute atomic E-state index is 11.0. The molecule has 1 aromatic carbocycles. The maximum Gasteiger partial charge on any atom is 0.211 e. The Balaban J connectivity index is 1.59. The molecule has 25 heavy (non-hydrogen) atoms. The van der Waals surface area contributed by atoms with Crippen LogP contribution in [0.15, 0.2) is 6.07 Å². The predicted molar refractivity (Wildman–Crippen MR) is 90.8 cm³/mol. The van der Waals surface area contributed by atoms with Crippen LogP contribution in [0.1, 0.15) is 38.8 Å². The van der Waals surface area contributed by atoms with Crippen molar-refractivity contribution in [2.75, 3.05) is 13.2 Å². The molecule has 1 N–H and O–H groups in total. The molecule has 136 valence electrons. The van der Waals surface area contributed by atoms with Gasteiger partial charge in [-0.2, -0.15) is 0 Å². The second kappa shape index (κ2) is 4.83. The zero-order valence-electron chi connectivity index (χ0n) is 15.3. The molecule has 2 saturated heterocycles. The van der Waals surface area contributed by atoms with Crippen LogP contribution in [0.25, 0.3) is 0 Å². The Kier molecular flexibility index (Phi) is 3.05. The Bertz CT molecular complexity index is 688. The zero-order chi connectivity index (χ0) is 17.6. The van der Waals surface area contributed by atoms with Crippen LogP contribution in [0.3, 0.4) is 0 Å². The third-order valence-electron chi connectivity index (χ3n) is 6.89. The maximum atomic E-state index is 11.0. The number of hydrogen-bond acceptors (Lipinski definition) is 5. The van der Waals surface area contributed by atoms with Crippen molar-refractivity contribution in [2.24, 2.45) is 23.7 Å². The summed E-state index contributed by atoms with van der Waals surface area (Å²) in [5, 5.41) is 11.0. The summed E-state index contributed by atoms with van der Waals surface area (Å²) in [6.45, 7) is 9.76. The van der Waals surface area contributed by atoms with Gasteiger partial charge in [0.05, 0.1) is 13.2 Å². The monoisotopic (exact) mass is 346 g/mol. The standard InChI is InChI=1S/C20H26O5/c1-10-8-22-19(3)14(10)5-12-16(24-19)7-17-13(18(12)21)6-15-11(2)9-23-20(15,4)25-17/h7,10-11,14-15,21H,5-6,8-9H2,1-4H3/t10-,11?,14+,15?,19+,20?/m0/s1. The minimum absolute atomic E-state index is 0.257. The number of phenolic OH excluding ortho intramolecular Hbond substituents is 1. The number of rotatable bonds is 0. The van der Waals surface area contributed by atoms with Crippen molar-refractivity contribution >= 4 is 0 Å². The van der Waals surface area contributed by atoms with Gasteiger partial charge in [-0.1, -0.05) is 13.8 Å². The minimum atomic E-state index is -0.618. The van der Waals surface area contributed by atoms with E-state index >= 15 is 0 Å². The van der Waals surface area contributed by atoms with Gasteiger partial charge in [-0.15, -0.1) is 0 Å². The first-order chi connectivity index (χ1) is 11.8. The van der Waals surface area contributed by atoms with Crippen molar-refractivity contribution in [3.05, 3.63) is 17.2 Å². The summed E-state index contributed by atoms with van der Waals surface area (Å²) in [7, 11) is 0. The lowest BCUT2D eigenvalue weighted by molar-refractivity contribution is -0.170. The van der Waals surface area contributed by atoms with Crippen molar-refractivity contribution in [3.63, 3.8) is 0 Å². The minimum Gasteiger partial charge on any atom is -0.507 e. The first-order valence-corrected chi connectivity index (χ1v) is 9.34. The van der Waals surface area contributed by atoms with E-state index in [0.717, 1.165) is 24.0 Å². The van der Waals surface area contributed by atoms with Crippen LogP contribution in [0.4, 0.5) is 0 Å². The quantitative estimate of drug-likeness (QED) is 0.781. The molecule has 5 nitrogen and oxygen atoms in total. The van der Waals surface area contributed by atoms with E-state index in [1.165, 1.54) is 0 Å². The van der Waals surface area contributed by atoms with Crippen LogP contribution in [0, 0.1) is 23.7 Å². The summed E-state index contributed by atoms with van der Waals surface area (Å²) in [4.78, 5) is 0. The molecule has 4 heterocycles. The highest BCUT2D eigenvalue weighted by Crippen LogP contribution is 2.54. The van der Waals surface area contributed by atoms with Crippen LogP contribution in [-0.2, 0) is 22.3 Å². The second-order valence-electron chi connectivity index (χ2n) is 8.61. The first-order valence-electron chi connectivity index (χ1n) is 9.34. The summed E-state index contributed by atoms with van der Waals surface area (Å²) in [6.07, 6.45) is 1.56. The molecule has 2 fully saturated rings. The van der Waals surface area contributed by atoms with Crippen molar-refractivity contribution in [3.8, 4) is 17.2 Å². The van der Waals surface area contributed by atoms with E-state index in [-0.39, 0.29) is 11.8 Å². The normalized spacial score (nSPS) is 44.2. The van der Waals surface area contributed by atoms with Gasteiger partial charge >= 0.3 is 0 Å². The molecule has 0 bridgehead atoms. The molecule has 5 heteroatoms. The fourth-order valence-corrected chi connectivity index (χ4v) is 5.22. The molecule has 6 atom stereocenters. The molecule has 0 saturated carbocycles. The number of benzene rings is 1. The van der Waals surface area contributed by atoms with Gasteiger partial charge in [-0.05, 0) is 24.7 Å². The number of ether oxygens (including phenoxy) is 4.